The van der Waals surface area contributed by atoms with Gasteiger partial charge in [-0.05, 0) is 24.1 Å². The first-order valence-corrected chi connectivity index (χ1v) is 6.79. The zero-order valence-corrected chi connectivity index (χ0v) is 10.9. The number of carbonyl (C=O) groups is 1. The highest BCUT2D eigenvalue weighted by Gasteiger charge is 2.29. The van der Waals surface area contributed by atoms with E-state index in [-0.39, 0.29) is 12.0 Å². The smallest absolute Gasteiger partial charge is 0.272 e. The summed E-state index contributed by atoms with van der Waals surface area (Å²) in [5, 5.41) is -0.952. The Kier molecular flexibility index (Phi) is 4.50. The van der Waals surface area contributed by atoms with Gasteiger partial charge in [-0.3, -0.25) is 9.35 Å². The largest absolute Gasteiger partial charge is 0.366 e. The average Bonchev–Trinajstić information content (AvgIpc) is 2.25. The zero-order valence-electron chi connectivity index (χ0n) is 9.34. The van der Waals surface area contributed by atoms with Crippen molar-refractivity contribution in [1.82, 2.24) is 0 Å². The number of amides is 1. The van der Waals surface area contributed by atoms with E-state index in [1.54, 1.807) is 24.3 Å². The van der Waals surface area contributed by atoms with Crippen LogP contribution in [0.5, 0.6) is 0 Å². The van der Waals surface area contributed by atoms with E-state index in [1.807, 2.05) is 0 Å². The van der Waals surface area contributed by atoms with Crippen LogP contribution in [-0.2, 0) is 21.3 Å². The zero-order chi connectivity index (χ0) is 13.9. The maximum absolute atomic E-state index is 11.2. The number of rotatable bonds is 5. The Hall–Kier alpha value is -1.37. The van der Waals surface area contributed by atoms with E-state index in [9.17, 15) is 13.2 Å². The number of nitrogens with two attached hydrogens (primary N) is 1. The molecule has 0 spiro atoms. The summed E-state index contributed by atoms with van der Waals surface area (Å²) in [6.45, 7) is 3.29. The van der Waals surface area contributed by atoms with Gasteiger partial charge in [-0.2, -0.15) is 8.42 Å². The number of hydrogen-bond donors (Lipinski definition) is 2. The molecule has 3 N–H and O–H groups in total. The first-order valence-electron chi connectivity index (χ1n) is 4.91. The highest BCUT2D eigenvalue weighted by Crippen LogP contribution is 2.18. The number of carbonyl (C=O) groups excluding carboxylic acids is 1. The Labute approximate surface area is 110 Å². The molecule has 1 amide bonds. The molecule has 0 bridgehead atoms. The first-order chi connectivity index (χ1) is 8.21. The van der Waals surface area contributed by atoms with Crippen molar-refractivity contribution in [2.45, 2.75) is 11.7 Å². The molecule has 98 valence electrons. The number of hydrogen-bond acceptors (Lipinski definition) is 3. The molecule has 0 saturated carbocycles. The van der Waals surface area contributed by atoms with E-state index in [2.05, 4.69) is 6.58 Å². The number of halogens is 1. The van der Waals surface area contributed by atoms with Crippen molar-refractivity contribution in [2.24, 2.45) is 5.73 Å². The van der Waals surface area contributed by atoms with Crippen LogP contribution in [0.25, 0.3) is 0 Å². The molecule has 1 aromatic carbocycles. The van der Waals surface area contributed by atoms with Crippen LogP contribution in [0.1, 0.15) is 5.56 Å². The molecule has 0 fully saturated rings. The SMILES string of the molecule is C=C(C(N)=O)C(Cc1ccc(Cl)cc1)S(=O)(=O)O. The summed E-state index contributed by atoms with van der Waals surface area (Å²) >= 11 is 5.69. The van der Waals surface area contributed by atoms with Crippen molar-refractivity contribution in [3.8, 4) is 0 Å². The van der Waals surface area contributed by atoms with E-state index < -0.39 is 21.3 Å². The number of primary amides is 1. The maximum Gasteiger partial charge on any atom is 0.272 e. The van der Waals surface area contributed by atoms with Crippen LogP contribution in [0.2, 0.25) is 5.02 Å². The Morgan fingerprint density at radius 3 is 2.28 bits per heavy atom. The van der Waals surface area contributed by atoms with Crippen LogP contribution >= 0.6 is 11.6 Å². The molecular formula is C11H12ClNO4S. The van der Waals surface area contributed by atoms with Crippen molar-refractivity contribution < 1.29 is 17.8 Å². The van der Waals surface area contributed by atoms with Crippen molar-refractivity contribution in [3.05, 3.63) is 47.0 Å². The van der Waals surface area contributed by atoms with Crippen LogP contribution in [0.4, 0.5) is 0 Å². The standard InChI is InChI=1S/C11H12ClNO4S/c1-7(11(13)14)10(18(15,16)17)6-8-2-4-9(12)5-3-8/h2-5,10H,1,6H2,(H2,13,14)(H,15,16,17). The molecule has 0 saturated heterocycles. The van der Waals surface area contributed by atoms with E-state index >= 15 is 0 Å². The topological polar surface area (TPSA) is 97.5 Å². The van der Waals surface area contributed by atoms with Crippen LogP contribution in [-0.4, -0.2) is 24.1 Å². The van der Waals surface area contributed by atoms with Gasteiger partial charge in [0.05, 0.1) is 0 Å². The van der Waals surface area contributed by atoms with Gasteiger partial charge >= 0.3 is 0 Å². The first kappa shape index (κ1) is 14.7. The third kappa shape index (κ3) is 3.83. The quantitative estimate of drug-likeness (QED) is 0.628. The molecule has 1 unspecified atom stereocenters. The van der Waals surface area contributed by atoms with Crippen molar-refractivity contribution >= 4 is 27.6 Å². The lowest BCUT2D eigenvalue weighted by molar-refractivity contribution is -0.114. The molecule has 0 aromatic heterocycles. The van der Waals surface area contributed by atoms with Crippen LogP contribution in [0.3, 0.4) is 0 Å². The van der Waals surface area contributed by atoms with Gasteiger partial charge in [-0.15, -0.1) is 0 Å². The lowest BCUT2D eigenvalue weighted by Gasteiger charge is -2.14. The summed E-state index contributed by atoms with van der Waals surface area (Å²) in [5.74, 6) is -0.966. The van der Waals surface area contributed by atoms with Gasteiger partial charge in [0.25, 0.3) is 10.1 Å². The summed E-state index contributed by atoms with van der Waals surface area (Å²) in [6.07, 6.45) is -0.0994. The molecular weight excluding hydrogens is 278 g/mol. The molecule has 1 rings (SSSR count). The second kappa shape index (κ2) is 5.51. The van der Waals surface area contributed by atoms with Gasteiger partial charge in [0.1, 0.15) is 5.25 Å². The molecule has 1 atom stereocenters. The molecule has 0 radical (unpaired) electrons. The Morgan fingerprint density at radius 2 is 1.89 bits per heavy atom. The predicted octanol–water partition coefficient (Wildman–Crippen LogP) is 1.18. The van der Waals surface area contributed by atoms with Crippen LogP contribution in [0.15, 0.2) is 36.4 Å². The Bertz CT molecular complexity index is 565. The fourth-order valence-corrected chi connectivity index (χ4v) is 2.41. The van der Waals surface area contributed by atoms with Gasteiger partial charge in [0.15, 0.2) is 0 Å². The molecule has 0 heterocycles. The fraction of sp³-hybridized carbons (Fsp3) is 0.182. The highest BCUT2D eigenvalue weighted by atomic mass is 35.5. The average molecular weight is 290 g/mol. The normalized spacial score (nSPS) is 13.0. The third-order valence-electron chi connectivity index (χ3n) is 2.40. The van der Waals surface area contributed by atoms with Crippen molar-refractivity contribution in [1.29, 1.82) is 0 Å². The monoisotopic (exact) mass is 289 g/mol. The molecule has 1 aromatic rings. The van der Waals surface area contributed by atoms with Gasteiger partial charge < -0.3 is 5.73 Å². The summed E-state index contributed by atoms with van der Waals surface area (Å²) < 4.78 is 31.5. The second-order valence-electron chi connectivity index (χ2n) is 3.72. The van der Waals surface area contributed by atoms with E-state index in [4.69, 9.17) is 21.9 Å². The Morgan fingerprint density at radius 1 is 1.39 bits per heavy atom. The molecule has 0 aliphatic heterocycles. The lowest BCUT2D eigenvalue weighted by atomic mass is 10.0. The fourth-order valence-electron chi connectivity index (χ4n) is 1.40. The van der Waals surface area contributed by atoms with Gasteiger partial charge in [0, 0.05) is 10.6 Å². The molecule has 0 aliphatic rings. The van der Waals surface area contributed by atoms with Gasteiger partial charge in [-0.25, -0.2) is 0 Å². The summed E-state index contributed by atoms with van der Waals surface area (Å²) in [7, 11) is -4.45. The predicted molar refractivity (Wildman–Crippen MR) is 68.8 cm³/mol. The van der Waals surface area contributed by atoms with Crippen molar-refractivity contribution in [3.63, 3.8) is 0 Å². The van der Waals surface area contributed by atoms with Crippen LogP contribution in [0, 0.1) is 0 Å². The Balaban J connectivity index is 3.04. The summed E-state index contributed by atoms with van der Waals surface area (Å²) in [6, 6.07) is 6.33. The third-order valence-corrected chi connectivity index (χ3v) is 3.82. The molecule has 0 aliphatic carbocycles. The van der Waals surface area contributed by atoms with Gasteiger partial charge in [-0.1, -0.05) is 30.3 Å². The van der Waals surface area contributed by atoms with E-state index in [0.29, 0.717) is 10.6 Å². The lowest BCUT2D eigenvalue weighted by Crippen LogP contribution is -2.31. The molecule has 18 heavy (non-hydrogen) atoms. The summed E-state index contributed by atoms with van der Waals surface area (Å²) in [5.41, 5.74) is 5.21. The number of benzene rings is 1. The van der Waals surface area contributed by atoms with Crippen LogP contribution < -0.4 is 5.73 Å². The van der Waals surface area contributed by atoms with E-state index in [1.165, 1.54) is 0 Å². The highest BCUT2D eigenvalue weighted by molar-refractivity contribution is 7.86. The van der Waals surface area contributed by atoms with Gasteiger partial charge in [0.2, 0.25) is 5.91 Å². The minimum atomic E-state index is -4.45. The molecule has 7 heteroatoms. The van der Waals surface area contributed by atoms with Crippen molar-refractivity contribution in [2.75, 3.05) is 0 Å². The minimum Gasteiger partial charge on any atom is -0.366 e. The summed E-state index contributed by atoms with van der Waals surface area (Å²) in [4.78, 5) is 11.0. The molecule has 5 nitrogen and oxygen atoms in total. The minimum absolute atomic E-state index is 0.0994. The maximum atomic E-state index is 11.2. The van der Waals surface area contributed by atoms with E-state index in [0.717, 1.165) is 0 Å². The second-order valence-corrected chi connectivity index (χ2v) is 5.76.